The molecule has 2 aromatic rings. The van der Waals surface area contributed by atoms with E-state index in [0.717, 1.165) is 48.9 Å². The Balaban J connectivity index is 2.42. The summed E-state index contributed by atoms with van der Waals surface area (Å²) in [4.78, 5) is 18.2. The Bertz CT molecular complexity index is 618. The summed E-state index contributed by atoms with van der Waals surface area (Å²) in [7, 11) is 0. The number of para-hydroxylation sites is 1. The van der Waals surface area contributed by atoms with E-state index in [0.29, 0.717) is 5.69 Å². The molecule has 21 heavy (non-hydrogen) atoms. The van der Waals surface area contributed by atoms with Crippen LogP contribution in [0.5, 0.6) is 0 Å². The lowest BCUT2D eigenvalue weighted by Gasteiger charge is -2.22. The third-order valence-electron chi connectivity index (χ3n) is 3.53. The smallest absolute Gasteiger partial charge is 0.267 e. The molecule has 0 saturated carbocycles. The second-order valence-electron chi connectivity index (χ2n) is 5.32. The van der Waals surface area contributed by atoms with Crippen LogP contribution in [0.15, 0.2) is 30.3 Å². The summed E-state index contributed by atoms with van der Waals surface area (Å²) in [5.74, 6) is -0.473. The maximum atomic E-state index is 11.5. The third-order valence-corrected chi connectivity index (χ3v) is 3.53. The predicted molar refractivity (Wildman–Crippen MR) is 86.1 cm³/mol. The monoisotopic (exact) mass is 285 g/mol. The van der Waals surface area contributed by atoms with Gasteiger partial charge in [-0.2, -0.15) is 0 Å². The molecule has 0 bridgehead atoms. The minimum Gasteiger partial charge on any atom is -0.364 e. The second kappa shape index (κ2) is 7.18. The van der Waals surface area contributed by atoms with E-state index in [1.807, 2.05) is 24.3 Å². The molecule has 0 radical (unpaired) electrons. The fourth-order valence-electron chi connectivity index (χ4n) is 2.65. The van der Waals surface area contributed by atoms with Crippen LogP contribution in [0.3, 0.4) is 0 Å². The van der Waals surface area contributed by atoms with Crippen molar-refractivity contribution in [3.05, 3.63) is 41.6 Å². The zero-order chi connectivity index (χ0) is 15.2. The van der Waals surface area contributed by atoms with Crippen molar-refractivity contribution in [3.63, 3.8) is 0 Å². The van der Waals surface area contributed by atoms with Gasteiger partial charge in [-0.25, -0.2) is 4.98 Å². The second-order valence-corrected chi connectivity index (χ2v) is 5.32. The molecule has 4 heteroatoms. The van der Waals surface area contributed by atoms with E-state index in [4.69, 9.17) is 5.73 Å². The molecule has 1 amide bonds. The van der Waals surface area contributed by atoms with Gasteiger partial charge in [0.25, 0.3) is 5.91 Å². The largest absolute Gasteiger partial charge is 0.364 e. The molecule has 112 valence electrons. The van der Waals surface area contributed by atoms with Crippen LogP contribution in [0.1, 0.15) is 42.7 Å². The first-order valence-electron chi connectivity index (χ1n) is 7.56. The van der Waals surface area contributed by atoms with E-state index in [1.54, 1.807) is 0 Å². The number of amides is 1. The van der Waals surface area contributed by atoms with Crippen LogP contribution in [-0.4, -0.2) is 28.9 Å². The maximum absolute atomic E-state index is 11.5. The molecule has 1 aromatic heterocycles. The summed E-state index contributed by atoms with van der Waals surface area (Å²) < 4.78 is 0. The average molecular weight is 285 g/mol. The number of carbonyl (C=O) groups is 1. The third kappa shape index (κ3) is 3.79. The molecule has 2 rings (SSSR count). The number of hydrogen-bond acceptors (Lipinski definition) is 3. The summed E-state index contributed by atoms with van der Waals surface area (Å²) >= 11 is 0. The first-order chi connectivity index (χ1) is 10.2. The predicted octanol–water partition coefficient (Wildman–Crippen LogP) is 2.96. The number of nitrogens with zero attached hydrogens (tertiary/aromatic N) is 2. The Hall–Kier alpha value is -1.94. The Morgan fingerprint density at radius 1 is 1.19 bits per heavy atom. The number of carbonyl (C=O) groups excluding carboxylic acids is 1. The highest BCUT2D eigenvalue weighted by atomic mass is 16.1. The standard InChI is InChI=1S/C17H23N3O/c1-3-9-20(10-4-2)12-13-11-16(17(18)21)19-15-8-6-5-7-14(13)15/h5-8,11H,3-4,9-10,12H2,1-2H3,(H2,18,21). The highest BCUT2D eigenvalue weighted by Crippen LogP contribution is 2.20. The molecule has 0 atom stereocenters. The van der Waals surface area contributed by atoms with Crippen LogP contribution in [0.4, 0.5) is 0 Å². The van der Waals surface area contributed by atoms with Crippen molar-refractivity contribution in [2.24, 2.45) is 5.73 Å². The van der Waals surface area contributed by atoms with Crippen molar-refractivity contribution in [1.29, 1.82) is 0 Å². The van der Waals surface area contributed by atoms with E-state index in [9.17, 15) is 4.79 Å². The quantitative estimate of drug-likeness (QED) is 0.851. The van der Waals surface area contributed by atoms with Gasteiger partial charge in [-0.1, -0.05) is 32.0 Å². The van der Waals surface area contributed by atoms with Crippen molar-refractivity contribution in [3.8, 4) is 0 Å². The van der Waals surface area contributed by atoms with Gasteiger partial charge < -0.3 is 5.73 Å². The van der Waals surface area contributed by atoms with Crippen LogP contribution in [0.2, 0.25) is 0 Å². The van der Waals surface area contributed by atoms with Crippen molar-refractivity contribution < 1.29 is 4.79 Å². The Morgan fingerprint density at radius 2 is 1.86 bits per heavy atom. The number of hydrogen-bond donors (Lipinski definition) is 1. The average Bonchev–Trinajstić information content (AvgIpc) is 2.47. The van der Waals surface area contributed by atoms with Crippen LogP contribution in [0, 0.1) is 0 Å². The van der Waals surface area contributed by atoms with Crippen molar-refractivity contribution in [1.82, 2.24) is 9.88 Å². The Morgan fingerprint density at radius 3 is 2.48 bits per heavy atom. The van der Waals surface area contributed by atoms with E-state index < -0.39 is 5.91 Å². The molecule has 1 aromatic carbocycles. The summed E-state index contributed by atoms with van der Waals surface area (Å²) in [6.45, 7) is 7.29. The number of fused-ring (bicyclic) bond motifs is 1. The van der Waals surface area contributed by atoms with Gasteiger partial charge in [0.2, 0.25) is 0 Å². The summed E-state index contributed by atoms with van der Waals surface area (Å²) in [5, 5.41) is 1.10. The molecule has 0 aliphatic heterocycles. The first kappa shape index (κ1) is 15.4. The van der Waals surface area contributed by atoms with E-state index in [2.05, 4.69) is 29.8 Å². The van der Waals surface area contributed by atoms with E-state index in [1.165, 1.54) is 0 Å². The zero-order valence-electron chi connectivity index (χ0n) is 12.8. The maximum Gasteiger partial charge on any atom is 0.267 e. The summed E-state index contributed by atoms with van der Waals surface area (Å²) in [6, 6.07) is 9.75. The van der Waals surface area contributed by atoms with Gasteiger partial charge >= 0.3 is 0 Å². The van der Waals surface area contributed by atoms with Crippen LogP contribution < -0.4 is 5.73 Å². The summed E-state index contributed by atoms with van der Waals surface area (Å²) in [5.41, 5.74) is 7.70. The molecule has 1 heterocycles. The highest BCUT2D eigenvalue weighted by molar-refractivity contribution is 5.94. The lowest BCUT2D eigenvalue weighted by molar-refractivity contribution is 0.0995. The number of pyridine rings is 1. The van der Waals surface area contributed by atoms with Crippen LogP contribution >= 0.6 is 0 Å². The minimum atomic E-state index is -0.473. The zero-order valence-corrected chi connectivity index (χ0v) is 12.8. The number of aromatic nitrogens is 1. The molecule has 4 nitrogen and oxygen atoms in total. The SMILES string of the molecule is CCCN(CCC)Cc1cc(C(N)=O)nc2ccccc12. The van der Waals surface area contributed by atoms with Gasteiger partial charge in [0.15, 0.2) is 0 Å². The van der Waals surface area contributed by atoms with Crippen molar-refractivity contribution in [2.75, 3.05) is 13.1 Å². The Kier molecular flexibility index (Phi) is 5.28. The molecular formula is C17H23N3O. The van der Waals surface area contributed by atoms with Crippen LogP contribution in [0.25, 0.3) is 10.9 Å². The molecule has 0 unspecified atom stereocenters. The number of benzene rings is 1. The minimum absolute atomic E-state index is 0.344. The molecule has 0 aliphatic rings. The fourth-order valence-corrected chi connectivity index (χ4v) is 2.65. The van der Waals surface area contributed by atoms with Gasteiger partial charge in [0.1, 0.15) is 5.69 Å². The highest BCUT2D eigenvalue weighted by Gasteiger charge is 2.12. The molecule has 0 saturated heterocycles. The van der Waals surface area contributed by atoms with Gasteiger partial charge in [-0.3, -0.25) is 9.69 Å². The molecule has 0 spiro atoms. The number of rotatable bonds is 7. The number of nitrogens with two attached hydrogens (primary N) is 1. The molecule has 0 aliphatic carbocycles. The number of primary amides is 1. The lowest BCUT2D eigenvalue weighted by atomic mass is 10.1. The topological polar surface area (TPSA) is 59.2 Å². The van der Waals surface area contributed by atoms with Gasteiger partial charge in [-0.05, 0) is 43.6 Å². The Labute approximate surface area is 126 Å². The fraction of sp³-hybridized carbons (Fsp3) is 0.412. The van der Waals surface area contributed by atoms with Crippen molar-refractivity contribution >= 4 is 16.8 Å². The normalized spacial score (nSPS) is 11.2. The van der Waals surface area contributed by atoms with Gasteiger partial charge in [0, 0.05) is 11.9 Å². The first-order valence-corrected chi connectivity index (χ1v) is 7.56. The van der Waals surface area contributed by atoms with E-state index in [-0.39, 0.29) is 0 Å². The van der Waals surface area contributed by atoms with Crippen LogP contribution in [-0.2, 0) is 6.54 Å². The molecular weight excluding hydrogens is 262 g/mol. The van der Waals surface area contributed by atoms with Gasteiger partial charge in [0.05, 0.1) is 5.52 Å². The van der Waals surface area contributed by atoms with Crippen molar-refractivity contribution in [2.45, 2.75) is 33.2 Å². The van der Waals surface area contributed by atoms with E-state index >= 15 is 0 Å². The lowest BCUT2D eigenvalue weighted by Crippen LogP contribution is -2.25. The molecule has 0 fully saturated rings. The summed E-state index contributed by atoms with van der Waals surface area (Å²) in [6.07, 6.45) is 2.23. The molecule has 2 N–H and O–H groups in total. The van der Waals surface area contributed by atoms with Gasteiger partial charge in [-0.15, -0.1) is 0 Å².